The first-order valence-corrected chi connectivity index (χ1v) is 10.2. The minimum absolute atomic E-state index is 0. The van der Waals surface area contributed by atoms with Crippen molar-refractivity contribution in [2.75, 3.05) is 25.5 Å². The van der Waals surface area contributed by atoms with Crippen LogP contribution < -0.4 is 15.4 Å². The van der Waals surface area contributed by atoms with Crippen LogP contribution in [0.2, 0.25) is 0 Å². The number of likely N-dealkylation sites (tertiary alicyclic amines) is 1. The Hall–Kier alpha value is -2.57. The highest BCUT2D eigenvalue weighted by Gasteiger charge is 2.22. The van der Waals surface area contributed by atoms with Gasteiger partial charge in [0, 0.05) is 43.3 Å². The number of nitrogens with zero attached hydrogens (tertiary/aromatic N) is 1. The lowest BCUT2D eigenvalue weighted by atomic mass is 9.99. The first kappa shape index (κ1) is 22.1. The molecule has 0 aromatic heterocycles. The van der Waals surface area contributed by atoms with E-state index in [1.807, 2.05) is 18.2 Å². The molecule has 0 radical (unpaired) electrons. The second kappa shape index (κ2) is 9.96. The number of benzene rings is 2. The number of carbonyl (C=O) groups excluding carboxylic acids is 2. The predicted molar refractivity (Wildman–Crippen MR) is 119 cm³/mol. The quantitative estimate of drug-likeness (QED) is 0.764. The van der Waals surface area contributed by atoms with Gasteiger partial charge in [-0.3, -0.25) is 14.5 Å². The molecule has 2 aromatic rings. The zero-order valence-corrected chi connectivity index (χ0v) is 18.0. The number of fused-ring (bicyclic) bond motifs is 1. The summed E-state index contributed by atoms with van der Waals surface area (Å²) >= 11 is 0. The van der Waals surface area contributed by atoms with Gasteiger partial charge in [0.15, 0.2) is 0 Å². The SMILES string of the molecule is COc1cccc(C(=O)NC2CCN(Cc3ccc4c(c3)NC(=O)CC4)CC2)c1.Cl. The van der Waals surface area contributed by atoms with Crippen molar-refractivity contribution in [1.82, 2.24) is 10.2 Å². The van der Waals surface area contributed by atoms with Crippen LogP contribution in [-0.4, -0.2) is 43.0 Å². The fourth-order valence-corrected chi connectivity index (χ4v) is 4.04. The zero-order chi connectivity index (χ0) is 20.2. The molecule has 2 aliphatic rings. The molecule has 2 aromatic carbocycles. The predicted octanol–water partition coefficient (Wildman–Crippen LogP) is 3.40. The molecule has 2 heterocycles. The van der Waals surface area contributed by atoms with Crippen LogP contribution in [0.1, 0.15) is 40.7 Å². The Morgan fingerprint density at radius 1 is 1.17 bits per heavy atom. The molecule has 2 aliphatic heterocycles. The average Bonchev–Trinajstić information content (AvgIpc) is 2.75. The number of amides is 2. The zero-order valence-electron chi connectivity index (χ0n) is 17.1. The van der Waals surface area contributed by atoms with Gasteiger partial charge in [0.05, 0.1) is 7.11 Å². The van der Waals surface area contributed by atoms with E-state index in [1.54, 1.807) is 13.2 Å². The molecule has 1 fully saturated rings. The first-order valence-electron chi connectivity index (χ1n) is 10.2. The Kier molecular flexibility index (Phi) is 7.34. The lowest BCUT2D eigenvalue weighted by molar-refractivity contribution is -0.116. The molecule has 6 nitrogen and oxygen atoms in total. The van der Waals surface area contributed by atoms with Crippen LogP contribution in [-0.2, 0) is 17.8 Å². The van der Waals surface area contributed by atoms with E-state index in [-0.39, 0.29) is 30.3 Å². The molecule has 0 spiro atoms. The minimum Gasteiger partial charge on any atom is -0.497 e. The summed E-state index contributed by atoms with van der Waals surface area (Å²) in [5.74, 6) is 0.740. The van der Waals surface area contributed by atoms with Gasteiger partial charge in [-0.25, -0.2) is 0 Å². The third kappa shape index (κ3) is 5.32. The number of rotatable bonds is 5. The molecule has 0 atom stereocenters. The Balaban J connectivity index is 0.00000256. The highest BCUT2D eigenvalue weighted by Crippen LogP contribution is 2.25. The van der Waals surface area contributed by atoms with Crippen LogP contribution in [0.25, 0.3) is 0 Å². The fourth-order valence-electron chi connectivity index (χ4n) is 4.04. The van der Waals surface area contributed by atoms with Crippen molar-refractivity contribution < 1.29 is 14.3 Å². The van der Waals surface area contributed by atoms with E-state index in [0.717, 1.165) is 44.6 Å². The summed E-state index contributed by atoms with van der Waals surface area (Å²) in [4.78, 5) is 26.5. The Labute approximate surface area is 183 Å². The van der Waals surface area contributed by atoms with E-state index in [1.165, 1.54) is 11.1 Å². The number of nitrogens with one attached hydrogen (secondary N) is 2. The number of anilines is 1. The maximum atomic E-state index is 12.5. The second-order valence-electron chi connectivity index (χ2n) is 7.80. The fraction of sp³-hybridized carbons (Fsp3) is 0.391. The van der Waals surface area contributed by atoms with Gasteiger partial charge in [-0.15, -0.1) is 12.4 Å². The van der Waals surface area contributed by atoms with E-state index in [2.05, 4.69) is 33.7 Å². The molecule has 4 rings (SSSR count). The molecular weight excluding hydrogens is 402 g/mol. The summed E-state index contributed by atoms with van der Waals surface area (Å²) in [6.45, 7) is 2.73. The summed E-state index contributed by atoms with van der Waals surface area (Å²) in [6.07, 6.45) is 3.25. The Morgan fingerprint density at radius 2 is 1.97 bits per heavy atom. The molecule has 160 valence electrons. The standard InChI is InChI=1S/C23H27N3O3.ClH/c1-29-20-4-2-3-18(14-20)23(28)24-19-9-11-26(12-10-19)15-16-5-6-17-7-8-22(27)25-21(17)13-16;/h2-6,13-14,19H,7-12,15H2,1H3,(H,24,28)(H,25,27);1H. The third-order valence-corrected chi connectivity index (χ3v) is 5.73. The van der Waals surface area contributed by atoms with Crippen LogP contribution in [0.5, 0.6) is 5.75 Å². The van der Waals surface area contributed by atoms with E-state index >= 15 is 0 Å². The van der Waals surface area contributed by atoms with Crippen molar-refractivity contribution in [3.05, 3.63) is 59.2 Å². The number of halogens is 1. The summed E-state index contributed by atoms with van der Waals surface area (Å²) in [5.41, 5.74) is 4.01. The van der Waals surface area contributed by atoms with Gasteiger partial charge in [-0.1, -0.05) is 18.2 Å². The molecule has 7 heteroatoms. The third-order valence-electron chi connectivity index (χ3n) is 5.73. The van der Waals surface area contributed by atoms with E-state index in [0.29, 0.717) is 17.7 Å². The van der Waals surface area contributed by atoms with Crippen LogP contribution in [0.3, 0.4) is 0 Å². The van der Waals surface area contributed by atoms with Gasteiger partial charge >= 0.3 is 0 Å². The van der Waals surface area contributed by atoms with Crippen LogP contribution in [0, 0.1) is 0 Å². The molecule has 0 saturated carbocycles. The Bertz CT molecular complexity index is 910. The van der Waals surface area contributed by atoms with Crippen molar-refractivity contribution in [3.8, 4) is 5.75 Å². The molecular formula is C23H28ClN3O3. The summed E-state index contributed by atoms with van der Waals surface area (Å²) in [7, 11) is 1.60. The monoisotopic (exact) mass is 429 g/mol. The molecule has 0 unspecified atom stereocenters. The maximum absolute atomic E-state index is 12.5. The maximum Gasteiger partial charge on any atom is 0.251 e. The van der Waals surface area contributed by atoms with E-state index < -0.39 is 0 Å². The normalized spacial score (nSPS) is 16.8. The molecule has 1 saturated heterocycles. The highest BCUT2D eigenvalue weighted by atomic mass is 35.5. The number of carbonyl (C=O) groups is 2. The lowest BCUT2D eigenvalue weighted by Gasteiger charge is -2.32. The molecule has 30 heavy (non-hydrogen) atoms. The van der Waals surface area contributed by atoms with Crippen molar-refractivity contribution in [2.45, 2.75) is 38.3 Å². The number of methoxy groups -OCH3 is 1. The van der Waals surface area contributed by atoms with Crippen LogP contribution in [0.15, 0.2) is 42.5 Å². The molecule has 2 amide bonds. The van der Waals surface area contributed by atoms with Crippen LogP contribution in [0.4, 0.5) is 5.69 Å². The van der Waals surface area contributed by atoms with Crippen molar-refractivity contribution >= 4 is 29.9 Å². The van der Waals surface area contributed by atoms with Gasteiger partial charge in [-0.05, 0) is 54.7 Å². The summed E-state index contributed by atoms with van der Waals surface area (Å²) < 4.78 is 5.20. The Morgan fingerprint density at radius 3 is 2.73 bits per heavy atom. The van der Waals surface area contributed by atoms with Gasteiger partial charge in [0.2, 0.25) is 5.91 Å². The van der Waals surface area contributed by atoms with Crippen LogP contribution >= 0.6 is 12.4 Å². The van der Waals surface area contributed by atoms with E-state index in [4.69, 9.17) is 4.74 Å². The summed E-state index contributed by atoms with van der Waals surface area (Å²) in [5, 5.41) is 6.12. The van der Waals surface area contributed by atoms with Gasteiger partial charge < -0.3 is 15.4 Å². The second-order valence-corrected chi connectivity index (χ2v) is 7.80. The molecule has 2 N–H and O–H groups in total. The smallest absolute Gasteiger partial charge is 0.251 e. The lowest BCUT2D eigenvalue weighted by Crippen LogP contribution is -2.44. The van der Waals surface area contributed by atoms with Crippen molar-refractivity contribution in [3.63, 3.8) is 0 Å². The van der Waals surface area contributed by atoms with Gasteiger partial charge in [0.25, 0.3) is 5.91 Å². The molecule has 0 bridgehead atoms. The first-order chi connectivity index (χ1) is 14.1. The number of hydrogen-bond acceptors (Lipinski definition) is 4. The number of piperidine rings is 1. The van der Waals surface area contributed by atoms with Gasteiger partial charge in [-0.2, -0.15) is 0 Å². The largest absolute Gasteiger partial charge is 0.497 e. The van der Waals surface area contributed by atoms with Gasteiger partial charge in [0.1, 0.15) is 5.75 Å². The van der Waals surface area contributed by atoms with Crippen molar-refractivity contribution in [1.29, 1.82) is 0 Å². The van der Waals surface area contributed by atoms with E-state index in [9.17, 15) is 9.59 Å². The highest BCUT2D eigenvalue weighted by molar-refractivity contribution is 5.95. The average molecular weight is 430 g/mol. The molecule has 0 aliphatic carbocycles. The number of hydrogen-bond donors (Lipinski definition) is 2. The summed E-state index contributed by atoms with van der Waals surface area (Å²) in [6, 6.07) is 13.8. The number of ether oxygens (including phenoxy) is 1. The number of aryl methyl sites for hydroxylation is 1. The minimum atomic E-state index is -0.0484. The van der Waals surface area contributed by atoms with Crippen molar-refractivity contribution in [2.24, 2.45) is 0 Å². The topological polar surface area (TPSA) is 70.7 Å².